The van der Waals surface area contributed by atoms with Crippen molar-refractivity contribution in [2.24, 2.45) is 0 Å². The van der Waals surface area contributed by atoms with Crippen LogP contribution in [0.1, 0.15) is 145 Å². The third-order valence-electron chi connectivity index (χ3n) is 12.2. The van der Waals surface area contributed by atoms with Crippen LogP contribution in [-0.2, 0) is 21.7 Å². The minimum Gasteiger partial charge on any atom is -0.313 e. The van der Waals surface area contributed by atoms with E-state index in [0.717, 1.165) is 0 Å². The molecule has 0 fully saturated rings. The average Bonchev–Trinajstić information content (AvgIpc) is 3.17. The van der Waals surface area contributed by atoms with Crippen molar-refractivity contribution in [3.63, 3.8) is 0 Å². The standard InChI is InChI=1S/C55H77NP2Si/c1-16-39-59(40-17-2,41-18-3)51-37-27-46(28-38-51)56(57(47-29-19-42(20-30-47)52(4,5)6)48-31-21-43(22-32-48)53(7,8)9)58(49-33-23-44(24-34-49)54(10,11)12)50-35-25-45(26-36-50)55(13,14)15/h19-38H,16-18,39-41H2,1-15H3. The van der Waals surface area contributed by atoms with Gasteiger partial charge in [0.25, 0.3) is 0 Å². The van der Waals surface area contributed by atoms with Crippen molar-refractivity contribution in [3.05, 3.63) is 144 Å². The molecule has 0 unspecified atom stereocenters. The van der Waals surface area contributed by atoms with Gasteiger partial charge in [-0.05, 0) is 56.0 Å². The van der Waals surface area contributed by atoms with E-state index in [1.54, 1.807) is 5.19 Å². The molecule has 0 spiro atoms. The molecule has 0 radical (unpaired) electrons. The van der Waals surface area contributed by atoms with E-state index in [1.165, 1.54) is 86.6 Å². The van der Waals surface area contributed by atoms with Crippen LogP contribution in [0.2, 0.25) is 18.1 Å². The van der Waals surface area contributed by atoms with Gasteiger partial charge in [-0.3, -0.25) is 0 Å². The summed E-state index contributed by atoms with van der Waals surface area (Å²) in [6.07, 6.45) is 3.79. The zero-order valence-corrected chi connectivity index (χ0v) is 42.4. The molecule has 4 heteroatoms. The number of hydrogen-bond acceptors (Lipinski definition) is 1. The summed E-state index contributed by atoms with van der Waals surface area (Å²) in [7, 11) is -3.68. The molecule has 0 saturated carbocycles. The van der Waals surface area contributed by atoms with Crippen LogP contribution in [0.25, 0.3) is 0 Å². The fraction of sp³-hybridized carbons (Fsp3) is 0.455. The van der Waals surface area contributed by atoms with E-state index >= 15 is 0 Å². The van der Waals surface area contributed by atoms with Gasteiger partial charge < -0.3 is 4.44 Å². The van der Waals surface area contributed by atoms with Crippen LogP contribution in [-0.4, -0.2) is 8.07 Å². The van der Waals surface area contributed by atoms with Gasteiger partial charge in [0.1, 0.15) is 0 Å². The molecule has 0 heterocycles. The Labute approximate surface area is 365 Å². The third kappa shape index (κ3) is 11.3. The molecular formula is C55H77NP2Si. The molecule has 0 aromatic heterocycles. The molecule has 0 N–H and O–H groups in total. The second kappa shape index (κ2) is 18.9. The Morgan fingerprint density at radius 1 is 0.356 bits per heavy atom. The highest BCUT2D eigenvalue weighted by Crippen LogP contribution is 2.57. The van der Waals surface area contributed by atoms with Crippen molar-refractivity contribution in [2.75, 3.05) is 4.44 Å². The Kier molecular flexibility index (Phi) is 15.1. The zero-order valence-electron chi connectivity index (χ0n) is 39.6. The summed E-state index contributed by atoms with van der Waals surface area (Å²) in [5.41, 5.74) is 7.11. The number of nitrogens with zero attached hydrogens (tertiary/aromatic N) is 1. The Hall–Kier alpha value is -3.02. The van der Waals surface area contributed by atoms with Crippen LogP contribution < -0.4 is 30.8 Å². The lowest BCUT2D eigenvalue weighted by Crippen LogP contribution is -2.47. The molecule has 0 atom stereocenters. The summed E-state index contributed by atoms with van der Waals surface area (Å²) >= 11 is 0. The van der Waals surface area contributed by atoms with Gasteiger partial charge in [-0.1, -0.05) is 256 Å². The van der Waals surface area contributed by atoms with E-state index in [-0.39, 0.29) is 21.7 Å². The zero-order chi connectivity index (χ0) is 43.4. The fourth-order valence-electron chi connectivity index (χ4n) is 8.66. The van der Waals surface area contributed by atoms with E-state index in [4.69, 9.17) is 0 Å². The minimum atomic E-state index is -1.64. The monoisotopic (exact) mass is 842 g/mol. The molecular weight excluding hydrogens is 765 g/mol. The molecule has 0 aliphatic rings. The Morgan fingerprint density at radius 3 is 0.797 bits per heavy atom. The first-order valence-corrected chi connectivity index (χ1v) is 27.8. The summed E-state index contributed by atoms with van der Waals surface area (Å²) in [5, 5.41) is 7.19. The van der Waals surface area contributed by atoms with E-state index in [2.05, 4.69) is 230 Å². The average molecular weight is 842 g/mol. The van der Waals surface area contributed by atoms with E-state index in [9.17, 15) is 0 Å². The molecule has 5 aromatic carbocycles. The maximum absolute atomic E-state index is 2.90. The smallest absolute Gasteiger partial charge is 0.0866 e. The molecule has 0 saturated heterocycles. The minimum absolute atomic E-state index is 0.0766. The van der Waals surface area contributed by atoms with Gasteiger partial charge in [-0.15, -0.1) is 0 Å². The van der Waals surface area contributed by atoms with Crippen LogP contribution in [0.3, 0.4) is 0 Å². The van der Waals surface area contributed by atoms with Gasteiger partial charge in [-0.25, -0.2) is 0 Å². The summed E-state index contributed by atoms with van der Waals surface area (Å²) in [6.45, 7) is 35.1. The number of benzene rings is 5. The van der Waals surface area contributed by atoms with Crippen LogP contribution in [0, 0.1) is 0 Å². The summed E-state index contributed by atoms with van der Waals surface area (Å²) in [5.74, 6) is 0. The maximum atomic E-state index is 2.90. The normalized spacial score (nSPS) is 13.0. The third-order valence-corrected chi connectivity index (χ3v) is 23.6. The van der Waals surface area contributed by atoms with Crippen molar-refractivity contribution in [1.82, 2.24) is 0 Å². The van der Waals surface area contributed by atoms with Crippen LogP contribution >= 0.6 is 16.1 Å². The molecule has 0 bridgehead atoms. The highest BCUT2D eigenvalue weighted by molar-refractivity contribution is 7.90. The lowest BCUT2D eigenvalue weighted by molar-refractivity contribution is 0.590. The number of anilines is 1. The first-order valence-electron chi connectivity index (χ1n) is 22.6. The summed E-state index contributed by atoms with van der Waals surface area (Å²) in [6, 6.07) is 53.1. The van der Waals surface area contributed by atoms with Gasteiger partial charge in [0.2, 0.25) is 0 Å². The second-order valence-corrected chi connectivity index (χ2v) is 30.2. The predicted molar refractivity (Wildman–Crippen MR) is 273 cm³/mol. The van der Waals surface area contributed by atoms with E-state index in [1.807, 2.05) is 0 Å². The van der Waals surface area contributed by atoms with Gasteiger partial charge in [-0.2, -0.15) is 0 Å². The molecule has 5 rings (SSSR count). The molecule has 0 aliphatic heterocycles. The quantitative estimate of drug-likeness (QED) is 0.0795. The summed E-state index contributed by atoms with van der Waals surface area (Å²) < 4.78 is 2.90. The second-order valence-electron chi connectivity index (χ2n) is 21.2. The van der Waals surface area contributed by atoms with Crippen molar-refractivity contribution in [1.29, 1.82) is 0 Å². The van der Waals surface area contributed by atoms with Crippen molar-refractivity contribution in [2.45, 2.75) is 163 Å². The molecule has 0 aliphatic carbocycles. The summed E-state index contributed by atoms with van der Waals surface area (Å²) in [4.78, 5) is 0. The molecule has 1 nitrogen and oxygen atoms in total. The molecule has 5 aromatic rings. The van der Waals surface area contributed by atoms with Gasteiger partial charge in [0.15, 0.2) is 0 Å². The van der Waals surface area contributed by atoms with E-state index < -0.39 is 24.2 Å². The highest BCUT2D eigenvalue weighted by Gasteiger charge is 2.36. The predicted octanol–water partition coefficient (Wildman–Crippen LogP) is 14.7. The van der Waals surface area contributed by atoms with Gasteiger partial charge in [0.05, 0.1) is 24.2 Å². The largest absolute Gasteiger partial charge is 0.313 e. The fourth-order valence-corrected chi connectivity index (χ4v) is 19.9. The van der Waals surface area contributed by atoms with Crippen LogP contribution in [0.15, 0.2) is 121 Å². The van der Waals surface area contributed by atoms with E-state index in [0.29, 0.717) is 0 Å². The van der Waals surface area contributed by atoms with Crippen molar-refractivity contribution >= 4 is 56.3 Å². The maximum Gasteiger partial charge on any atom is 0.0866 e. The van der Waals surface area contributed by atoms with Gasteiger partial charge in [0, 0.05) is 26.9 Å². The Morgan fingerprint density at radius 2 is 0.593 bits per heavy atom. The van der Waals surface area contributed by atoms with Crippen LogP contribution in [0.4, 0.5) is 5.69 Å². The van der Waals surface area contributed by atoms with Crippen molar-refractivity contribution in [3.8, 4) is 0 Å². The van der Waals surface area contributed by atoms with Gasteiger partial charge >= 0.3 is 0 Å². The molecule has 0 amide bonds. The first kappa shape index (κ1) is 47.0. The Bertz CT molecular complexity index is 1800. The molecule has 316 valence electrons. The van der Waals surface area contributed by atoms with Crippen LogP contribution in [0.5, 0.6) is 0 Å². The molecule has 59 heavy (non-hydrogen) atoms. The van der Waals surface area contributed by atoms with Crippen molar-refractivity contribution < 1.29 is 0 Å². The number of rotatable bonds is 14. The number of hydrogen-bond donors (Lipinski definition) is 0. The Balaban J connectivity index is 1.87. The first-order chi connectivity index (χ1) is 27.6. The highest BCUT2D eigenvalue weighted by atomic mass is 31.2. The SMILES string of the molecule is CCC[Si](CCC)(CCC)c1ccc(N(P(c2ccc(C(C)(C)C)cc2)c2ccc(C(C)(C)C)cc2)P(c2ccc(C(C)(C)C)cc2)c2ccc(C(C)(C)C)cc2)cc1. The lowest BCUT2D eigenvalue weighted by atomic mass is 9.87. The lowest BCUT2D eigenvalue weighted by Gasteiger charge is -2.41. The topological polar surface area (TPSA) is 3.24 Å².